The van der Waals surface area contributed by atoms with Gasteiger partial charge in [0.15, 0.2) is 0 Å². The fourth-order valence-electron chi connectivity index (χ4n) is 0.794. The van der Waals surface area contributed by atoms with Gasteiger partial charge in [0.1, 0.15) is 0 Å². The van der Waals surface area contributed by atoms with E-state index >= 15 is 0 Å². The molecular weight excluding hydrogens is 148 g/mol. The molecule has 1 rings (SSSR count). The van der Waals surface area contributed by atoms with Crippen LogP contribution in [-0.2, 0) is 0 Å². The molecule has 0 amide bonds. The molecule has 0 heterocycles. The van der Waals surface area contributed by atoms with Gasteiger partial charge in [0.05, 0.1) is 11.7 Å². The molecule has 2 nitrogen and oxygen atoms in total. The van der Waals surface area contributed by atoms with Crippen LogP contribution in [0.5, 0.6) is 0 Å². The van der Waals surface area contributed by atoms with Crippen LogP contribution < -0.4 is 0 Å². The fraction of sp³-hybridized carbons (Fsp3) is 0.400. The molecule has 0 atom stereocenters. The van der Waals surface area contributed by atoms with Crippen molar-refractivity contribution in [1.82, 2.24) is 0 Å². The van der Waals surface area contributed by atoms with E-state index in [1.165, 1.54) is 5.56 Å². The largest absolute Gasteiger partial charge is 0.186 e. The number of benzene rings is 1. The lowest BCUT2D eigenvalue weighted by Crippen LogP contribution is -1.83. The second-order valence-electron chi connectivity index (χ2n) is 3.14. The van der Waals surface area contributed by atoms with Gasteiger partial charge in [-0.25, -0.2) is 0 Å². The smallest absolute Gasteiger partial charge is 0.0852 e. The van der Waals surface area contributed by atoms with E-state index in [2.05, 4.69) is 17.2 Å². The number of aryl methyl sites for hydroxylation is 1. The highest BCUT2D eigenvalue weighted by Gasteiger charge is 1.89. The standard InChI is InChI=1S/C10H14N2/c1-8(2)11-12-10-6-4-9(3)5-7-10/h4-8H,1-3H3/b12-11+. The Labute approximate surface area is 73.3 Å². The van der Waals surface area contributed by atoms with Gasteiger partial charge in [0.25, 0.3) is 0 Å². The summed E-state index contributed by atoms with van der Waals surface area (Å²) in [4.78, 5) is 0. The zero-order chi connectivity index (χ0) is 8.97. The molecule has 0 bridgehead atoms. The molecule has 0 aromatic heterocycles. The number of azo groups is 1. The van der Waals surface area contributed by atoms with Gasteiger partial charge >= 0.3 is 0 Å². The molecule has 0 saturated carbocycles. The molecule has 2 heteroatoms. The van der Waals surface area contributed by atoms with Gasteiger partial charge in [-0.3, -0.25) is 0 Å². The first kappa shape index (κ1) is 8.91. The van der Waals surface area contributed by atoms with Gasteiger partial charge in [-0.15, -0.1) is 0 Å². The monoisotopic (exact) mass is 162 g/mol. The molecule has 12 heavy (non-hydrogen) atoms. The molecule has 1 aromatic rings. The molecule has 0 radical (unpaired) electrons. The molecule has 0 spiro atoms. The zero-order valence-corrected chi connectivity index (χ0v) is 7.78. The predicted octanol–water partition coefficient (Wildman–Crippen LogP) is 3.49. The van der Waals surface area contributed by atoms with Crippen LogP contribution in [-0.4, -0.2) is 6.04 Å². The second-order valence-corrected chi connectivity index (χ2v) is 3.14. The van der Waals surface area contributed by atoms with Crippen LogP contribution in [0, 0.1) is 6.92 Å². The Morgan fingerprint density at radius 3 is 2.17 bits per heavy atom. The summed E-state index contributed by atoms with van der Waals surface area (Å²) in [5.41, 5.74) is 2.17. The molecule has 0 aliphatic rings. The average molecular weight is 162 g/mol. The van der Waals surface area contributed by atoms with Crippen LogP contribution in [0.1, 0.15) is 19.4 Å². The Morgan fingerprint density at radius 2 is 1.67 bits per heavy atom. The van der Waals surface area contributed by atoms with Crippen molar-refractivity contribution < 1.29 is 0 Å². The minimum Gasteiger partial charge on any atom is -0.186 e. The summed E-state index contributed by atoms with van der Waals surface area (Å²) in [6.07, 6.45) is 0. The SMILES string of the molecule is Cc1ccc(/N=N/C(C)C)cc1. The van der Waals surface area contributed by atoms with Crippen LogP contribution in [0.2, 0.25) is 0 Å². The maximum Gasteiger partial charge on any atom is 0.0852 e. The van der Waals surface area contributed by atoms with Crippen LogP contribution in [0.25, 0.3) is 0 Å². The lowest BCUT2D eigenvalue weighted by molar-refractivity contribution is 0.779. The summed E-state index contributed by atoms with van der Waals surface area (Å²) in [6, 6.07) is 8.29. The minimum atomic E-state index is 0.270. The topological polar surface area (TPSA) is 24.7 Å². The molecule has 0 N–H and O–H groups in total. The minimum absolute atomic E-state index is 0.270. The summed E-state index contributed by atoms with van der Waals surface area (Å²) in [6.45, 7) is 6.08. The van der Waals surface area contributed by atoms with E-state index in [1.807, 2.05) is 38.1 Å². The second kappa shape index (κ2) is 4.00. The lowest BCUT2D eigenvalue weighted by Gasteiger charge is -1.95. The highest BCUT2D eigenvalue weighted by molar-refractivity contribution is 5.37. The van der Waals surface area contributed by atoms with Crippen molar-refractivity contribution in [3.05, 3.63) is 29.8 Å². The van der Waals surface area contributed by atoms with Gasteiger partial charge in [0, 0.05) is 0 Å². The van der Waals surface area contributed by atoms with E-state index < -0.39 is 0 Å². The van der Waals surface area contributed by atoms with E-state index in [0.717, 1.165) is 5.69 Å². The maximum atomic E-state index is 4.07. The van der Waals surface area contributed by atoms with Gasteiger partial charge < -0.3 is 0 Å². The predicted molar refractivity (Wildman–Crippen MR) is 50.8 cm³/mol. The molecule has 0 unspecified atom stereocenters. The normalized spacial score (nSPS) is 11.3. The van der Waals surface area contributed by atoms with E-state index in [9.17, 15) is 0 Å². The summed E-state index contributed by atoms with van der Waals surface area (Å²) in [5, 5.41) is 8.12. The Hall–Kier alpha value is -1.18. The Kier molecular flexibility index (Phi) is 2.97. The van der Waals surface area contributed by atoms with Crippen molar-refractivity contribution in [3.8, 4) is 0 Å². The van der Waals surface area contributed by atoms with Gasteiger partial charge in [-0.2, -0.15) is 10.2 Å². The number of hydrogen-bond acceptors (Lipinski definition) is 2. The van der Waals surface area contributed by atoms with Crippen molar-refractivity contribution in [1.29, 1.82) is 0 Å². The first-order chi connectivity index (χ1) is 5.68. The number of nitrogens with zero attached hydrogens (tertiary/aromatic N) is 2. The molecule has 1 aromatic carbocycles. The third-order valence-corrected chi connectivity index (χ3v) is 1.44. The highest BCUT2D eigenvalue weighted by atomic mass is 15.1. The zero-order valence-electron chi connectivity index (χ0n) is 7.78. The van der Waals surface area contributed by atoms with Crippen LogP contribution in [0.4, 0.5) is 5.69 Å². The van der Waals surface area contributed by atoms with Gasteiger partial charge in [-0.1, -0.05) is 17.7 Å². The quantitative estimate of drug-likeness (QED) is 0.595. The molecule has 64 valence electrons. The summed E-state index contributed by atoms with van der Waals surface area (Å²) >= 11 is 0. The summed E-state index contributed by atoms with van der Waals surface area (Å²) in [7, 11) is 0. The molecule has 0 aliphatic heterocycles. The Morgan fingerprint density at radius 1 is 1.08 bits per heavy atom. The average Bonchev–Trinajstić information content (AvgIpc) is 2.03. The van der Waals surface area contributed by atoms with E-state index in [4.69, 9.17) is 0 Å². The lowest BCUT2D eigenvalue weighted by atomic mass is 10.2. The molecule has 0 saturated heterocycles. The molecular formula is C10H14N2. The van der Waals surface area contributed by atoms with E-state index in [0.29, 0.717) is 0 Å². The van der Waals surface area contributed by atoms with Crippen LogP contribution in [0.3, 0.4) is 0 Å². The highest BCUT2D eigenvalue weighted by Crippen LogP contribution is 2.13. The Balaban J connectivity index is 2.71. The van der Waals surface area contributed by atoms with E-state index in [1.54, 1.807) is 0 Å². The van der Waals surface area contributed by atoms with Crippen molar-refractivity contribution in [2.45, 2.75) is 26.8 Å². The maximum absolute atomic E-state index is 4.07. The van der Waals surface area contributed by atoms with Crippen LogP contribution in [0.15, 0.2) is 34.5 Å². The number of hydrogen-bond donors (Lipinski definition) is 0. The van der Waals surface area contributed by atoms with Crippen molar-refractivity contribution in [3.63, 3.8) is 0 Å². The van der Waals surface area contributed by atoms with E-state index in [-0.39, 0.29) is 6.04 Å². The first-order valence-electron chi connectivity index (χ1n) is 4.16. The van der Waals surface area contributed by atoms with Gasteiger partial charge in [0.2, 0.25) is 0 Å². The van der Waals surface area contributed by atoms with Crippen molar-refractivity contribution >= 4 is 5.69 Å². The van der Waals surface area contributed by atoms with Crippen LogP contribution >= 0.6 is 0 Å². The molecule has 0 fully saturated rings. The Bertz CT molecular complexity index is 260. The molecule has 0 aliphatic carbocycles. The summed E-state index contributed by atoms with van der Waals surface area (Å²) < 4.78 is 0. The third-order valence-electron chi connectivity index (χ3n) is 1.44. The number of rotatable bonds is 2. The fourth-order valence-corrected chi connectivity index (χ4v) is 0.794. The van der Waals surface area contributed by atoms with Gasteiger partial charge in [-0.05, 0) is 32.9 Å². The van der Waals surface area contributed by atoms with Crippen molar-refractivity contribution in [2.75, 3.05) is 0 Å². The summed E-state index contributed by atoms with van der Waals surface area (Å²) in [5.74, 6) is 0. The van der Waals surface area contributed by atoms with Crippen molar-refractivity contribution in [2.24, 2.45) is 10.2 Å². The first-order valence-corrected chi connectivity index (χ1v) is 4.16. The third kappa shape index (κ3) is 2.82.